The average molecular weight is 388 g/mol. The molecule has 0 saturated carbocycles. The number of sulfonamides is 1. The van der Waals surface area contributed by atoms with Gasteiger partial charge in [-0.2, -0.15) is 9.57 Å². The third-order valence-corrected chi connectivity index (χ3v) is 6.03. The lowest BCUT2D eigenvalue weighted by atomic mass is 9.98. The van der Waals surface area contributed by atoms with Crippen molar-refractivity contribution in [1.82, 2.24) is 4.31 Å². The fourth-order valence-electron chi connectivity index (χ4n) is 2.50. The number of carbonyl (C=O) groups is 1. The molecule has 0 bridgehead atoms. The predicted molar refractivity (Wildman–Crippen MR) is 86.2 cm³/mol. The lowest BCUT2D eigenvalue weighted by Gasteiger charge is -2.29. The molecule has 134 valence electrons. The van der Waals surface area contributed by atoms with E-state index >= 15 is 0 Å². The van der Waals surface area contributed by atoms with Gasteiger partial charge in [0.15, 0.2) is 6.61 Å². The van der Waals surface area contributed by atoms with Gasteiger partial charge in [0.25, 0.3) is 5.69 Å². The number of halogens is 1. The number of nitro benzene ring substituents is 1. The van der Waals surface area contributed by atoms with Crippen LogP contribution in [0.5, 0.6) is 0 Å². The minimum atomic E-state index is -3.94. The summed E-state index contributed by atoms with van der Waals surface area (Å²) in [6.07, 6.45) is 0.498. The van der Waals surface area contributed by atoms with Crippen LogP contribution in [0.3, 0.4) is 0 Å². The monoisotopic (exact) mass is 387 g/mol. The number of nitro groups is 1. The average Bonchev–Trinajstić information content (AvgIpc) is 2.59. The highest BCUT2D eigenvalue weighted by atomic mass is 35.5. The predicted octanol–water partition coefficient (Wildman–Crippen LogP) is 1.72. The third-order valence-electron chi connectivity index (χ3n) is 3.82. The minimum absolute atomic E-state index is 0.0745. The number of nitriles is 1. The van der Waals surface area contributed by atoms with E-state index < -0.39 is 32.5 Å². The van der Waals surface area contributed by atoms with Crippen LogP contribution < -0.4 is 0 Å². The second-order valence-electron chi connectivity index (χ2n) is 5.31. The van der Waals surface area contributed by atoms with Gasteiger partial charge in [-0.05, 0) is 25.0 Å². The molecule has 1 aliphatic heterocycles. The Morgan fingerprint density at radius 2 is 2.08 bits per heavy atom. The van der Waals surface area contributed by atoms with Crippen molar-refractivity contribution < 1.29 is 22.9 Å². The highest BCUT2D eigenvalue weighted by Crippen LogP contribution is 2.30. The summed E-state index contributed by atoms with van der Waals surface area (Å²) in [7, 11) is -3.94. The number of nitrogens with zero attached hydrogens (tertiary/aromatic N) is 3. The molecule has 0 atom stereocenters. The topological polar surface area (TPSA) is 131 Å². The minimum Gasteiger partial charge on any atom is -0.450 e. The molecule has 1 aliphatic rings. The van der Waals surface area contributed by atoms with E-state index in [1.807, 2.05) is 0 Å². The zero-order valence-corrected chi connectivity index (χ0v) is 14.5. The fraction of sp³-hybridized carbons (Fsp3) is 0.429. The van der Waals surface area contributed by atoms with E-state index in [2.05, 4.69) is 0 Å². The van der Waals surface area contributed by atoms with E-state index in [4.69, 9.17) is 21.6 Å². The summed E-state index contributed by atoms with van der Waals surface area (Å²) in [5.74, 6) is -1.000. The molecule has 11 heteroatoms. The Labute approximate surface area is 148 Å². The lowest BCUT2D eigenvalue weighted by molar-refractivity contribution is -0.384. The van der Waals surface area contributed by atoms with Gasteiger partial charge in [0.2, 0.25) is 10.0 Å². The van der Waals surface area contributed by atoms with Crippen molar-refractivity contribution in [2.24, 2.45) is 5.92 Å². The number of carbonyl (C=O) groups excluding carboxylic acids is 1. The Balaban J connectivity index is 2.12. The van der Waals surface area contributed by atoms with Crippen LogP contribution >= 0.6 is 11.6 Å². The molecule has 0 unspecified atom stereocenters. The first-order chi connectivity index (χ1) is 11.8. The maximum atomic E-state index is 12.6. The van der Waals surface area contributed by atoms with Gasteiger partial charge in [-0.1, -0.05) is 11.6 Å². The molecule has 0 amide bonds. The highest BCUT2D eigenvalue weighted by molar-refractivity contribution is 7.89. The Hall–Kier alpha value is -2.22. The maximum Gasteiger partial charge on any atom is 0.310 e. The van der Waals surface area contributed by atoms with Crippen LogP contribution in [0.4, 0.5) is 5.69 Å². The zero-order chi connectivity index (χ0) is 18.6. The normalized spacial score (nSPS) is 16.2. The molecule has 0 N–H and O–H groups in total. The van der Waals surface area contributed by atoms with E-state index in [0.29, 0.717) is 0 Å². The van der Waals surface area contributed by atoms with Crippen molar-refractivity contribution in [3.05, 3.63) is 33.3 Å². The molecular formula is C14H14ClN3O6S. The Bertz CT molecular complexity index is 827. The summed E-state index contributed by atoms with van der Waals surface area (Å²) in [5, 5.41) is 19.2. The maximum absolute atomic E-state index is 12.6. The van der Waals surface area contributed by atoms with Gasteiger partial charge in [0.05, 0.1) is 15.7 Å². The van der Waals surface area contributed by atoms with Gasteiger partial charge in [0.1, 0.15) is 11.1 Å². The van der Waals surface area contributed by atoms with Crippen LogP contribution in [0.2, 0.25) is 5.02 Å². The molecule has 1 aromatic rings. The standard InChI is InChI=1S/C14H14ClN3O6S/c15-12-2-1-11(9-13(12)18(20)21)25(22,23)17-6-3-10(4-7-17)14(19)24-8-5-16/h1-2,9-10H,3-4,6-8H2. The van der Waals surface area contributed by atoms with E-state index in [1.165, 1.54) is 12.1 Å². The second kappa shape index (κ2) is 7.77. The number of ether oxygens (including phenoxy) is 1. The van der Waals surface area contributed by atoms with Crippen LogP contribution in [0.25, 0.3) is 0 Å². The molecule has 1 fully saturated rings. The number of esters is 1. The number of rotatable bonds is 5. The van der Waals surface area contributed by atoms with Crippen molar-refractivity contribution in [1.29, 1.82) is 5.26 Å². The van der Waals surface area contributed by atoms with E-state index in [9.17, 15) is 23.3 Å². The first-order valence-corrected chi connectivity index (χ1v) is 9.07. The summed E-state index contributed by atoms with van der Waals surface area (Å²) in [5.41, 5.74) is -0.488. The lowest BCUT2D eigenvalue weighted by Crippen LogP contribution is -2.40. The van der Waals surface area contributed by atoms with Crippen molar-refractivity contribution in [2.45, 2.75) is 17.7 Å². The van der Waals surface area contributed by atoms with Crippen LogP contribution in [-0.2, 0) is 19.6 Å². The quantitative estimate of drug-likeness (QED) is 0.427. The van der Waals surface area contributed by atoms with Gasteiger partial charge >= 0.3 is 5.97 Å². The molecule has 0 aromatic heterocycles. The third kappa shape index (κ3) is 4.25. The summed E-state index contributed by atoms with van der Waals surface area (Å²) in [6.45, 7) is -0.193. The molecule has 1 saturated heterocycles. The number of piperidine rings is 1. The molecule has 9 nitrogen and oxygen atoms in total. The second-order valence-corrected chi connectivity index (χ2v) is 7.66. The molecule has 1 aromatic carbocycles. The largest absolute Gasteiger partial charge is 0.450 e. The summed E-state index contributed by atoms with van der Waals surface area (Å²) < 4.78 is 31.1. The van der Waals surface area contributed by atoms with Crippen molar-refractivity contribution in [3.8, 4) is 6.07 Å². The van der Waals surface area contributed by atoms with Crippen LogP contribution in [-0.4, -0.2) is 43.3 Å². The molecular weight excluding hydrogens is 374 g/mol. The molecule has 0 spiro atoms. The molecule has 0 radical (unpaired) electrons. The highest BCUT2D eigenvalue weighted by Gasteiger charge is 2.33. The van der Waals surface area contributed by atoms with Crippen LogP contribution in [0.1, 0.15) is 12.8 Å². The first kappa shape index (κ1) is 19.1. The van der Waals surface area contributed by atoms with E-state index in [1.54, 1.807) is 6.07 Å². The summed E-state index contributed by atoms with van der Waals surface area (Å²) in [4.78, 5) is 21.7. The molecule has 0 aliphatic carbocycles. The summed E-state index contributed by atoms with van der Waals surface area (Å²) >= 11 is 5.70. The Morgan fingerprint density at radius 3 is 2.64 bits per heavy atom. The zero-order valence-electron chi connectivity index (χ0n) is 12.9. The van der Waals surface area contributed by atoms with Crippen molar-refractivity contribution >= 4 is 33.3 Å². The molecule has 25 heavy (non-hydrogen) atoms. The van der Waals surface area contributed by atoms with Crippen molar-refractivity contribution in [2.75, 3.05) is 19.7 Å². The van der Waals surface area contributed by atoms with Gasteiger partial charge in [-0.3, -0.25) is 14.9 Å². The molecule has 2 rings (SSSR count). The summed E-state index contributed by atoms with van der Waals surface area (Å²) in [6, 6.07) is 4.99. The Morgan fingerprint density at radius 1 is 1.44 bits per heavy atom. The molecule has 1 heterocycles. The number of hydrogen-bond acceptors (Lipinski definition) is 7. The van der Waals surface area contributed by atoms with Crippen molar-refractivity contribution in [3.63, 3.8) is 0 Å². The van der Waals surface area contributed by atoms with E-state index in [0.717, 1.165) is 10.4 Å². The van der Waals surface area contributed by atoms with Gasteiger partial charge in [-0.15, -0.1) is 0 Å². The first-order valence-electron chi connectivity index (χ1n) is 7.25. The number of benzene rings is 1. The van der Waals surface area contributed by atoms with Crippen LogP contribution in [0, 0.1) is 27.4 Å². The van der Waals surface area contributed by atoms with E-state index in [-0.39, 0.29) is 42.5 Å². The van der Waals surface area contributed by atoms with Gasteiger partial charge in [0, 0.05) is 19.2 Å². The number of hydrogen-bond donors (Lipinski definition) is 0. The Kier molecular flexibility index (Phi) is 5.94. The smallest absolute Gasteiger partial charge is 0.310 e. The van der Waals surface area contributed by atoms with Crippen LogP contribution in [0.15, 0.2) is 23.1 Å². The van der Waals surface area contributed by atoms with Gasteiger partial charge < -0.3 is 4.74 Å². The van der Waals surface area contributed by atoms with Gasteiger partial charge in [-0.25, -0.2) is 8.42 Å². The fourth-order valence-corrected chi connectivity index (χ4v) is 4.17. The SMILES string of the molecule is N#CCOC(=O)C1CCN(S(=O)(=O)c2ccc(Cl)c([N+](=O)[O-])c2)CC1.